The van der Waals surface area contributed by atoms with Gasteiger partial charge in [-0.05, 0) is 207 Å². The monoisotopic (exact) mass is 1250 g/mol. The highest BCUT2D eigenvalue weighted by atomic mass is 16.2. The van der Waals surface area contributed by atoms with Crippen molar-refractivity contribution in [2.45, 2.75) is 173 Å². The first kappa shape index (κ1) is 63.8. The van der Waals surface area contributed by atoms with Crippen LogP contribution < -0.4 is 0 Å². The summed E-state index contributed by atoms with van der Waals surface area (Å²) in [5.41, 5.74) is 11.6. The number of fused-ring (bicyclic) bond motifs is 3. The van der Waals surface area contributed by atoms with E-state index in [1.165, 1.54) is 77.0 Å². The minimum absolute atomic E-state index is 0.121. The van der Waals surface area contributed by atoms with E-state index in [0.29, 0.717) is 18.1 Å². The summed E-state index contributed by atoms with van der Waals surface area (Å²) in [6.07, 6.45) is 22.9. The van der Waals surface area contributed by atoms with E-state index in [1.54, 1.807) is 0 Å². The first-order valence-corrected chi connectivity index (χ1v) is 35.0. The predicted molar refractivity (Wildman–Crippen MR) is 374 cm³/mol. The minimum atomic E-state index is 0.121. The standard InChI is InChI=1S/C27H34N4O.C26H32N4O.C25H30N4O/c1-20-28-25-10-6-7-11-26(25)31(20)24-14-12-21(13-15-24)27(32)29(2)22-16-18-30(19-17-22)23-8-4-3-5-9-23;1-19-27-24-9-5-6-10-25(24)30(19)23-13-11-20(12-14-23)26(31)28(2)21-15-17-29(18-16-21)22-7-3-4-8-22;1-18-26-23-8-3-4-9-24(23)29(18)22-12-10-19(11-13-22)25(30)27(2)20-14-16-28(17-15-20)21-6-5-7-21/h6-7,10-15,22-23H,3-5,8-9,16-19H2,1-2H3;5-6,9-14,21-22H,3-4,7-8,15-18H2,1-2H3;3-4,8-13,20-21H,5-7,14-17H2,1-2H3. The van der Waals surface area contributed by atoms with Gasteiger partial charge >= 0.3 is 0 Å². The van der Waals surface area contributed by atoms with Crippen LogP contribution in [0.25, 0.3) is 50.2 Å². The smallest absolute Gasteiger partial charge is 0.253 e. The summed E-state index contributed by atoms with van der Waals surface area (Å²) in [6.45, 7) is 12.8. The largest absolute Gasteiger partial charge is 0.339 e. The van der Waals surface area contributed by atoms with Crippen molar-refractivity contribution in [3.63, 3.8) is 0 Å². The lowest BCUT2D eigenvalue weighted by atomic mass is 9.89. The van der Waals surface area contributed by atoms with Gasteiger partial charge in [-0.2, -0.15) is 0 Å². The Hall–Kier alpha value is -7.98. The highest BCUT2D eigenvalue weighted by Gasteiger charge is 2.34. The normalized spacial score (nSPS) is 18.6. The lowest BCUT2D eigenvalue weighted by Gasteiger charge is -2.43. The molecule has 15 nitrogen and oxygen atoms in total. The number of imidazole rings is 3. The molecule has 6 heterocycles. The molecule has 0 bridgehead atoms. The molecular weight excluding hydrogens is 1150 g/mol. The van der Waals surface area contributed by atoms with Crippen LogP contribution in [0.4, 0.5) is 0 Å². The summed E-state index contributed by atoms with van der Waals surface area (Å²) in [5.74, 6) is 3.22. The van der Waals surface area contributed by atoms with Gasteiger partial charge in [-0.15, -0.1) is 0 Å². The number of hydrogen-bond donors (Lipinski definition) is 0. The quantitative estimate of drug-likeness (QED) is 0.118. The third kappa shape index (κ3) is 13.8. The number of benzene rings is 6. The lowest BCUT2D eigenvalue weighted by Crippen LogP contribution is -2.50. The summed E-state index contributed by atoms with van der Waals surface area (Å²) >= 11 is 0. The average Bonchev–Trinajstić information content (AvgIpc) is 1.69. The van der Waals surface area contributed by atoms with Gasteiger partial charge in [-0.3, -0.25) is 28.1 Å². The van der Waals surface area contributed by atoms with Crippen molar-refractivity contribution >= 4 is 50.8 Å². The van der Waals surface area contributed by atoms with Gasteiger partial charge in [0.05, 0.1) is 33.1 Å². The molecule has 15 rings (SSSR count). The van der Waals surface area contributed by atoms with Crippen molar-refractivity contribution in [3.8, 4) is 17.1 Å². The molecule has 93 heavy (non-hydrogen) atoms. The molecule has 9 aromatic rings. The van der Waals surface area contributed by atoms with E-state index >= 15 is 0 Å². The van der Waals surface area contributed by atoms with Crippen molar-refractivity contribution < 1.29 is 14.4 Å². The minimum Gasteiger partial charge on any atom is -0.339 e. The van der Waals surface area contributed by atoms with Gasteiger partial charge in [0, 0.05) is 130 Å². The van der Waals surface area contributed by atoms with E-state index in [-0.39, 0.29) is 17.7 Å². The lowest BCUT2D eigenvalue weighted by molar-refractivity contribution is 0.0498. The number of nitrogens with zero attached hydrogens (tertiary/aromatic N) is 12. The molecule has 6 aliphatic rings. The number of amides is 3. The fourth-order valence-electron chi connectivity index (χ4n) is 16.2. The van der Waals surface area contributed by atoms with Gasteiger partial charge in [0.2, 0.25) is 0 Å². The van der Waals surface area contributed by atoms with Crippen molar-refractivity contribution in [2.24, 2.45) is 0 Å². The zero-order chi connectivity index (χ0) is 64.1. The summed E-state index contributed by atoms with van der Waals surface area (Å²) in [5, 5.41) is 0. The van der Waals surface area contributed by atoms with E-state index in [4.69, 9.17) is 0 Å². The Labute approximate surface area is 550 Å². The Morgan fingerprint density at radius 2 is 0.570 bits per heavy atom. The van der Waals surface area contributed by atoms with Crippen molar-refractivity contribution in [1.82, 2.24) is 58.1 Å². The molecule has 3 aliphatic carbocycles. The molecule has 3 saturated heterocycles. The number of hydrogen-bond acceptors (Lipinski definition) is 9. The van der Waals surface area contributed by atoms with Crippen LogP contribution in [0.15, 0.2) is 146 Å². The Morgan fingerprint density at radius 3 is 0.828 bits per heavy atom. The molecule has 15 heteroatoms. The molecule has 0 atom stereocenters. The second-order valence-corrected chi connectivity index (χ2v) is 27.5. The highest BCUT2D eigenvalue weighted by molar-refractivity contribution is 5.96. The Kier molecular flexibility index (Phi) is 19.7. The second-order valence-electron chi connectivity index (χ2n) is 27.5. The maximum atomic E-state index is 13.2. The number of carbonyl (C=O) groups excluding carboxylic acids is 3. The average molecular weight is 1250 g/mol. The first-order chi connectivity index (χ1) is 45.3. The van der Waals surface area contributed by atoms with E-state index in [2.05, 4.69) is 61.6 Å². The van der Waals surface area contributed by atoms with Crippen LogP contribution in [-0.2, 0) is 0 Å². The fraction of sp³-hybridized carbons (Fsp3) is 0.462. The van der Waals surface area contributed by atoms with Gasteiger partial charge in [0.15, 0.2) is 0 Å². The molecule has 0 radical (unpaired) electrons. The number of aromatic nitrogens is 6. The third-order valence-corrected chi connectivity index (χ3v) is 21.9. The number of carbonyl (C=O) groups is 3. The van der Waals surface area contributed by atoms with Crippen LogP contribution in [0.3, 0.4) is 0 Å². The summed E-state index contributed by atoms with van der Waals surface area (Å²) in [6, 6.07) is 51.8. The van der Waals surface area contributed by atoms with Crippen molar-refractivity contribution in [2.75, 3.05) is 60.4 Å². The molecule has 3 aromatic heterocycles. The second kappa shape index (κ2) is 28.7. The summed E-state index contributed by atoms with van der Waals surface area (Å²) < 4.78 is 6.43. The molecular formula is C78H96N12O3. The summed E-state index contributed by atoms with van der Waals surface area (Å²) in [4.78, 5) is 67.3. The van der Waals surface area contributed by atoms with Crippen LogP contribution in [-0.4, -0.2) is 172 Å². The van der Waals surface area contributed by atoms with Crippen LogP contribution in [0.1, 0.15) is 164 Å². The van der Waals surface area contributed by atoms with Gasteiger partial charge in [-0.1, -0.05) is 74.9 Å². The van der Waals surface area contributed by atoms with E-state index in [1.807, 2.05) is 184 Å². The van der Waals surface area contributed by atoms with Crippen LogP contribution in [0.2, 0.25) is 0 Å². The van der Waals surface area contributed by atoms with Crippen LogP contribution in [0, 0.1) is 20.8 Å². The molecule has 0 N–H and O–H groups in total. The predicted octanol–water partition coefficient (Wildman–Crippen LogP) is 14.4. The molecule has 6 fully saturated rings. The van der Waals surface area contributed by atoms with E-state index < -0.39 is 0 Å². The Balaban J connectivity index is 0.000000127. The van der Waals surface area contributed by atoms with E-state index in [9.17, 15) is 14.4 Å². The molecule has 0 unspecified atom stereocenters. The van der Waals surface area contributed by atoms with Gasteiger partial charge in [-0.25, -0.2) is 15.0 Å². The van der Waals surface area contributed by atoms with Crippen LogP contribution in [0.5, 0.6) is 0 Å². The Morgan fingerprint density at radius 1 is 0.323 bits per heavy atom. The number of piperidine rings is 3. The molecule has 6 aromatic carbocycles. The van der Waals surface area contributed by atoms with Gasteiger partial charge < -0.3 is 29.4 Å². The molecule has 3 aliphatic heterocycles. The molecule has 486 valence electrons. The SMILES string of the molecule is Cc1nc2ccccc2n1-c1ccc(C(=O)N(C)C2CCN(C3CCC3)CC2)cc1.Cc1nc2ccccc2n1-c1ccc(C(=O)N(C)C2CCN(C3CCCC3)CC2)cc1.Cc1nc2ccccc2n1-c1ccc(C(=O)N(C)C2CCN(C3CCCCC3)CC2)cc1. The van der Waals surface area contributed by atoms with Crippen molar-refractivity contribution in [3.05, 3.63) is 180 Å². The highest BCUT2D eigenvalue weighted by Crippen LogP contribution is 2.33. The number of likely N-dealkylation sites (tertiary alicyclic amines) is 3. The topological polar surface area (TPSA) is 124 Å². The molecule has 3 saturated carbocycles. The number of para-hydroxylation sites is 6. The van der Waals surface area contributed by atoms with Gasteiger partial charge in [0.1, 0.15) is 17.5 Å². The van der Waals surface area contributed by atoms with Crippen molar-refractivity contribution in [1.29, 1.82) is 0 Å². The third-order valence-electron chi connectivity index (χ3n) is 21.9. The molecule has 0 spiro atoms. The number of aryl methyl sites for hydroxylation is 3. The zero-order valence-electron chi connectivity index (χ0n) is 55.9. The van der Waals surface area contributed by atoms with Gasteiger partial charge in [0.25, 0.3) is 17.7 Å². The number of rotatable bonds is 12. The van der Waals surface area contributed by atoms with E-state index in [0.717, 1.165) is 180 Å². The zero-order valence-corrected chi connectivity index (χ0v) is 55.9. The van der Waals surface area contributed by atoms with Crippen LogP contribution >= 0.6 is 0 Å². The maximum absolute atomic E-state index is 13.2. The Bertz CT molecular complexity index is 4000. The maximum Gasteiger partial charge on any atom is 0.253 e. The first-order valence-electron chi connectivity index (χ1n) is 35.0. The fourth-order valence-corrected chi connectivity index (χ4v) is 16.2. The summed E-state index contributed by atoms with van der Waals surface area (Å²) in [7, 11) is 5.91. The molecule has 3 amide bonds.